The topological polar surface area (TPSA) is 111 Å². The number of carbonyl (C=O) groups is 3. The standard InChI is InChI=1S/C26H24BrNO7S/c27-18-11-12-21(29)20(15-18)24(35-26(32)28-25(31)17-7-3-1-4-8-17)22(13-14-33-23(30)16-36)34-19-9-5-2-6-10-19/h1-12,15,22,24,29,36H,13-14,16H2,(H,28,31,32)/t22-,24-/m1/s1. The second kappa shape index (κ2) is 13.6. The van der Waals surface area contributed by atoms with Crippen LogP contribution in [0.15, 0.2) is 83.3 Å². The van der Waals surface area contributed by atoms with Gasteiger partial charge < -0.3 is 19.3 Å². The van der Waals surface area contributed by atoms with Crippen LogP contribution < -0.4 is 10.1 Å². The van der Waals surface area contributed by atoms with Crippen molar-refractivity contribution in [2.75, 3.05) is 12.4 Å². The third-order valence-corrected chi connectivity index (χ3v) is 5.70. The van der Waals surface area contributed by atoms with E-state index in [1.165, 1.54) is 6.07 Å². The highest BCUT2D eigenvalue weighted by Gasteiger charge is 2.32. The molecule has 0 heterocycles. The van der Waals surface area contributed by atoms with Gasteiger partial charge in [-0.05, 0) is 42.5 Å². The van der Waals surface area contributed by atoms with Crippen molar-refractivity contribution in [3.05, 3.63) is 94.5 Å². The average Bonchev–Trinajstić information content (AvgIpc) is 2.89. The molecule has 0 aliphatic rings. The van der Waals surface area contributed by atoms with E-state index in [1.54, 1.807) is 66.7 Å². The fraction of sp³-hybridized carbons (Fsp3) is 0.192. The lowest BCUT2D eigenvalue weighted by atomic mass is 10.0. The molecule has 0 saturated heterocycles. The summed E-state index contributed by atoms with van der Waals surface area (Å²) in [7, 11) is 0. The van der Waals surface area contributed by atoms with E-state index in [9.17, 15) is 19.5 Å². The first-order valence-electron chi connectivity index (χ1n) is 10.9. The Morgan fingerprint density at radius 2 is 1.64 bits per heavy atom. The SMILES string of the molecule is O=C(CS)OCC[C@@H](Oc1ccccc1)[C@H](OC(=O)NC(=O)c1ccccc1)c1cc(Br)ccc1O. The Hall–Kier alpha value is -3.50. The number of hydrogen-bond acceptors (Lipinski definition) is 8. The van der Waals surface area contributed by atoms with E-state index in [0.29, 0.717) is 10.2 Å². The Morgan fingerprint density at radius 1 is 0.972 bits per heavy atom. The molecule has 0 bridgehead atoms. The molecule has 2 atom stereocenters. The quantitative estimate of drug-likeness (QED) is 0.229. The molecule has 0 aromatic heterocycles. The van der Waals surface area contributed by atoms with Crippen molar-refractivity contribution >= 4 is 46.5 Å². The predicted molar refractivity (Wildman–Crippen MR) is 139 cm³/mol. The van der Waals surface area contributed by atoms with Crippen LogP contribution in [0.1, 0.15) is 28.4 Å². The van der Waals surface area contributed by atoms with Gasteiger partial charge in [0.25, 0.3) is 5.91 Å². The number of carbonyl (C=O) groups excluding carboxylic acids is 3. The third-order valence-electron chi connectivity index (χ3n) is 4.94. The van der Waals surface area contributed by atoms with Crippen LogP contribution in [0.2, 0.25) is 0 Å². The fourth-order valence-corrected chi connectivity index (χ4v) is 3.74. The number of nitrogens with one attached hydrogen (secondary N) is 1. The van der Waals surface area contributed by atoms with Crippen molar-refractivity contribution in [2.45, 2.75) is 18.6 Å². The van der Waals surface area contributed by atoms with Gasteiger partial charge in [0.1, 0.15) is 17.6 Å². The van der Waals surface area contributed by atoms with E-state index in [-0.39, 0.29) is 35.7 Å². The third kappa shape index (κ3) is 8.03. The van der Waals surface area contributed by atoms with Gasteiger partial charge >= 0.3 is 12.1 Å². The summed E-state index contributed by atoms with van der Waals surface area (Å²) in [5, 5.41) is 12.8. The van der Waals surface area contributed by atoms with Crippen LogP contribution in [0.4, 0.5) is 4.79 Å². The van der Waals surface area contributed by atoms with Crippen LogP contribution in [-0.2, 0) is 14.3 Å². The van der Waals surface area contributed by atoms with Gasteiger partial charge in [0.15, 0.2) is 6.10 Å². The molecule has 0 radical (unpaired) electrons. The number of phenols is 1. The number of aromatic hydroxyl groups is 1. The minimum absolute atomic E-state index is 0.0594. The molecule has 0 saturated carbocycles. The van der Waals surface area contributed by atoms with Crippen LogP contribution in [0.5, 0.6) is 11.5 Å². The number of esters is 1. The molecule has 3 aromatic carbocycles. The minimum Gasteiger partial charge on any atom is -0.508 e. The Balaban J connectivity index is 1.89. The van der Waals surface area contributed by atoms with Crippen LogP contribution in [0.25, 0.3) is 0 Å². The largest absolute Gasteiger partial charge is 0.508 e. The Morgan fingerprint density at radius 3 is 2.31 bits per heavy atom. The second-order valence-corrected chi connectivity index (χ2v) is 8.72. The number of imide groups is 1. The summed E-state index contributed by atoms with van der Waals surface area (Å²) in [6, 6.07) is 21.6. The van der Waals surface area contributed by atoms with E-state index in [2.05, 4.69) is 33.9 Å². The number of hydrogen-bond donors (Lipinski definition) is 3. The molecule has 8 nitrogen and oxygen atoms in total. The molecule has 2 N–H and O–H groups in total. The zero-order valence-electron chi connectivity index (χ0n) is 19.0. The zero-order chi connectivity index (χ0) is 25.9. The van der Waals surface area contributed by atoms with Gasteiger partial charge in [0.2, 0.25) is 0 Å². The molecule has 10 heteroatoms. The normalized spacial score (nSPS) is 12.2. The maximum atomic E-state index is 12.8. The van der Waals surface area contributed by atoms with E-state index < -0.39 is 30.2 Å². The lowest BCUT2D eigenvalue weighted by molar-refractivity contribution is -0.141. The molecule has 0 fully saturated rings. The summed E-state index contributed by atoms with van der Waals surface area (Å²) in [6.07, 6.45) is -3.02. The number of amides is 2. The summed E-state index contributed by atoms with van der Waals surface area (Å²) < 4.78 is 17.5. The molecule has 0 aliphatic carbocycles. The van der Waals surface area contributed by atoms with Crippen molar-refractivity contribution in [1.82, 2.24) is 5.32 Å². The maximum absolute atomic E-state index is 12.8. The number of rotatable bonds is 10. The minimum atomic E-state index is -1.18. The summed E-state index contributed by atoms with van der Waals surface area (Å²) in [5.41, 5.74) is 0.500. The zero-order valence-corrected chi connectivity index (χ0v) is 21.5. The van der Waals surface area contributed by atoms with Crippen molar-refractivity contribution < 1.29 is 33.7 Å². The molecule has 3 aromatic rings. The lowest BCUT2D eigenvalue weighted by Gasteiger charge is -2.28. The smallest absolute Gasteiger partial charge is 0.414 e. The first-order chi connectivity index (χ1) is 17.4. The predicted octanol–water partition coefficient (Wildman–Crippen LogP) is 5.07. The van der Waals surface area contributed by atoms with Crippen LogP contribution in [-0.4, -0.2) is 41.5 Å². The molecular weight excluding hydrogens is 550 g/mol. The van der Waals surface area contributed by atoms with Crippen LogP contribution in [0, 0.1) is 0 Å². The monoisotopic (exact) mass is 573 g/mol. The number of ether oxygens (including phenoxy) is 3. The van der Waals surface area contributed by atoms with Gasteiger partial charge in [0, 0.05) is 22.0 Å². The molecule has 2 amide bonds. The fourth-order valence-electron chi connectivity index (χ4n) is 3.27. The maximum Gasteiger partial charge on any atom is 0.414 e. The van der Waals surface area contributed by atoms with Gasteiger partial charge in [-0.1, -0.05) is 52.3 Å². The summed E-state index contributed by atoms with van der Waals surface area (Å²) in [4.78, 5) is 36.9. The number of phenolic OH excluding ortho intramolecular Hbond substituents is 1. The van der Waals surface area contributed by atoms with Crippen molar-refractivity contribution in [2.24, 2.45) is 0 Å². The van der Waals surface area contributed by atoms with Gasteiger partial charge in [-0.25, -0.2) is 4.79 Å². The molecule has 0 spiro atoms. The summed E-state index contributed by atoms with van der Waals surface area (Å²) >= 11 is 7.26. The van der Waals surface area contributed by atoms with Gasteiger partial charge in [-0.15, -0.1) is 0 Å². The van der Waals surface area contributed by atoms with Gasteiger partial charge in [-0.3, -0.25) is 14.9 Å². The molecule has 188 valence electrons. The van der Waals surface area contributed by atoms with Crippen molar-refractivity contribution in [1.29, 1.82) is 0 Å². The van der Waals surface area contributed by atoms with Gasteiger partial charge in [0.05, 0.1) is 12.4 Å². The molecule has 0 aliphatic heterocycles. The summed E-state index contributed by atoms with van der Waals surface area (Å²) in [5.74, 6) is -0.960. The highest BCUT2D eigenvalue weighted by atomic mass is 79.9. The second-order valence-electron chi connectivity index (χ2n) is 7.49. The van der Waals surface area contributed by atoms with E-state index in [4.69, 9.17) is 14.2 Å². The first-order valence-corrected chi connectivity index (χ1v) is 12.3. The average molecular weight is 574 g/mol. The molecular formula is C26H24BrNO7S. The van der Waals surface area contributed by atoms with Crippen LogP contribution >= 0.6 is 28.6 Å². The van der Waals surface area contributed by atoms with Crippen molar-refractivity contribution in [3.63, 3.8) is 0 Å². The highest BCUT2D eigenvalue weighted by molar-refractivity contribution is 9.10. The number of alkyl carbamates (subject to hydrolysis) is 1. The number of halogens is 1. The highest BCUT2D eigenvalue weighted by Crippen LogP contribution is 2.35. The van der Waals surface area contributed by atoms with E-state index in [0.717, 1.165) is 0 Å². The van der Waals surface area contributed by atoms with Gasteiger partial charge in [-0.2, -0.15) is 12.6 Å². The number of benzene rings is 3. The van der Waals surface area contributed by atoms with Crippen molar-refractivity contribution in [3.8, 4) is 11.5 Å². The molecule has 36 heavy (non-hydrogen) atoms. The molecule has 0 unspecified atom stereocenters. The lowest BCUT2D eigenvalue weighted by Crippen LogP contribution is -2.37. The first kappa shape index (κ1) is 27.1. The number of thiol groups is 1. The van der Waals surface area contributed by atoms with Crippen LogP contribution in [0.3, 0.4) is 0 Å². The van der Waals surface area contributed by atoms with E-state index >= 15 is 0 Å². The number of para-hydroxylation sites is 1. The molecule has 3 rings (SSSR count). The Kier molecular flexibility index (Phi) is 10.2. The summed E-state index contributed by atoms with van der Waals surface area (Å²) in [6.45, 7) is -0.0594. The Bertz CT molecular complexity index is 1180. The van der Waals surface area contributed by atoms with E-state index in [1.807, 2.05) is 6.07 Å². The Labute approximate surface area is 222 Å².